The summed E-state index contributed by atoms with van der Waals surface area (Å²) in [5, 5.41) is 24.3. The number of rotatable bonds is 4. The topological polar surface area (TPSA) is 114 Å². The Morgan fingerprint density at radius 2 is 0.892 bits per heavy atom. The Kier molecular flexibility index (Phi) is 15.7. The van der Waals surface area contributed by atoms with Gasteiger partial charge in [0.1, 0.15) is 9.66 Å². The van der Waals surface area contributed by atoms with Crippen LogP contribution in [0, 0.1) is 12.1 Å². The van der Waals surface area contributed by atoms with E-state index in [1.165, 1.54) is 69.8 Å². The van der Waals surface area contributed by atoms with Gasteiger partial charge >= 0.3 is 0 Å². The molecule has 0 spiro atoms. The van der Waals surface area contributed by atoms with E-state index in [-0.39, 0.29) is 76.0 Å². The van der Waals surface area contributed by atoms with Crippen molar-refractivity contribution in [3.8, 4) is 22.5 Å². The van der Waals surface area contributed by atoms with Gasteiger partial charge in [-0.1, -0.05) is 99.8 Å². The molecule has 0 radical (unpaired) electrons. The van der Waals surface area contributed by atoms with Gasteiger partial charge in [-0.3, -0.25) is 19.6 Å². The fourth-order valence-electron chi connectivity index (χ4n) is 7.12. The van der Waals surface area contributed by atoms with Gasteiger partial charge in [0.15, 0.2) is 11.6 Å². The number of benzene rings is 4. The second-order valence-corrected chi connectivity index (χ2v) is 20.1. The third-order valence-corrected chi connectivity index (χ3v) is 13.6. The summed E-state index contributed by atoms with van der Waals surface area (Å²) in [6.07, 6.45) is 0. The number of carbonyl (C=O) groups excluding carboxylic acids is 2. The van der Waals surface area contributed by atoms with Gasteiger partial charge in [-0.05, 0) is 99.2 Å². The van der Waals surface area contributed by atoms with Crippen LogP contribution in [0.3, 0.4) is 0 Å². The van der Waals surface area contributed by atoms with E-state index in [9.17, 15) is 9.59 Å². The van der Waals surface area contributed by atoms with E-state index in [0.717, 1.165) is 54.1 Å². The maximum Gasteiger partial charge on any atom is 0.158 e. The van der Waals surface area contributed by atoms with Crippen molar-refractivity contribution in [1.29, 1.82) is 0 Å². The zero-order chi connectivity index (χ0) is 45.7. The molecule has 5 heterocycles. The predicted molar refractivity (Wildman–Crippen MR) is 264 cm³/mol. The van der Waals surface area contributed by atoms with Gasteiger partial charge in [0.05, 0.1) is 11.5 Å². The van der Waals surface area contributed by atoms with Crippen molar-refractivity contribution < 1.29 is 66.3 Å². The third kappa shape index (κ3) is 10.6. The number of carbonyl (C=O) groups is 2. The zero-order valence-corrected chi connectivity index (χ0v) is 44.7. The van der Waals surface area contributed by atoms with Crippen molar-refractivity contribution in [2.45, 2.75) is 93.9 Å². The number of thiophene rings is 2. The number of nitrogens with zero attached hydrogens (tertiary/aromatic N) is 2. The average Bonchev–Trinajstić information content (AvgIpc) is 3.92. The first-order valence-corrected chi connectivity index (χ1v) is 22.5. The summed E-state index contributed by atoms with van der Waals surface area (Å²) in [4.78, 5) is 33.1. The van der Waals surface area contributed by atoms with E-state index in [1.807, 2.05) is 12.1 Å². The second-order valence-electron chi connectivity index (χ2n) is 18.1. The van der Waals surface area contributed by atoms with Gasteiger partial charge in [0.2, 0.25) is 0 Å². The van der Waals surface area contributed by atoms with Gasteiger partial charge in [0, 0.05) is 95.4 Å². The Labute approximate surface area is 417 Å². The van der Waals surface area contributed by atoms with E-state index >= 15 is 0 Å². The molecule has 65 heavy (non-hydrogen) atoms. The minimum absolute atomic E-state index is 0. The minimum atomic E-state index is -0.0787. The van der Waals surface area contributed by atoms with E-state index in [4.69, 9.17) is 24.6 Å². The van der Waals surface area contributed by atoms with Crippen molar-refractivity contribution in [2.75, 3.05) is 0 Å². The minimum Gasteiger partial charge on any atom is -0.545 e. The fourth-order valence-corrected chi connectivity index (χ4v) is 9.23. The molecule has 342 valence electrons. The Morgan fingerprint density at radius 3 is 1.20 bits per heavy atom. The molecule has 0 unspecified atom stereocenters. The molecule has 5 aromatic heterocycles. The molecule has 9 aromatic rings. The summed E-state index contributed by atoms with van der Waals surface area (Å²) in [6.45, 7) is 22.6. The maximum atomic E-state index is 10.4. The number of aromatic nitrogens is 2. The van der Waals surface area contributed by atoms with Crippen LogP contribution < -0.4 is 0 Å². The summed E-state index contributed by atoms with van der Waals surface area (Å²) in [5.74, 6) is 0.0602. The number of fused-ring (bicyclic) bond motifs is 9. The van der Waals surface area contributed by atoms with Crippen LogP contribution in [0.4, 0.5) is 0 Å². The second kappa shape index (κ2) is 20.0. The van der Waals surface area contributed by atoms with E-state index in [0.29, 0.717) is 11.1 Å². The molecule has 0 saturated carbocycles. The first-order chi connectivity index (χ1) is 29.6. The number of aliphatic hydroxyl groups excluding tert-OH is 2. The van der Waals surface area contributed by atoms with E-state index in [1.54, 1.807) is 36.5 Å². The summed E-state index contributed by atoms with van der Waals surface area (Å²) < 4.78 is 9.24. The number of hydrogen-bond donors (Lipinski definition) is 2. The Balaban J connectivity index is 0.000000380. The van der Waals surface area contributed by atoms with Crippen molar-refractivity contribution in [3.05, 3.63) is 131 Å². The third-order valence-electron chi connectivity index (χ3n) is 11.5. The van der Waals surface area contributed by atoms with Crippen molar-refractivity contribution in [1.82, 2.24) is 9.97 Å². The fraction of sp³-hybridized carbons (Fsp3) is 0.259. The molecule has 11 heteroatoms. The quantitative estimate of drug-likeness (QED) is 0.102. The van der Waals surface area contributed by atoms with Crippen LogP contribution in [-0.2, 0) is 62.5 Å². The SMILES string of the molecule is CC(=O)/C(C)=C(/C)O.CC(=O)/C(C)=C(/C)O.CC(C)(C)c1ccc2sc3nc(-c4[c-]ccc5c4oc4c(-c6ccc7c(n6)sc6ccc(C(C)(C)C)cc67)[c-]ccc45)ccc3c2c1.[Pt].[Pt]. The first kappa shape index (κ1) is 51.2. The molecule has 0 fully saturated rings. The molecule has 0 saturated heterocycles. The van der Waals surface area contributed by atoms with Crippen LogP contribution in [0.5, 0.6) is 0 Å². The Hall–Kier alpha value is -4.78. The molecular weight excluding hydrogens is 1210 g/mol. The summed E-state index contributed by atoms with van der Waals surface area (Å²) >= 11 is 3.47. The number of furan rings is 1. The van der Waals surface area contributed by atoms with Crippen LogP contribution in [0.1, 0.15) is 94.2 Å². The summed E-state index contributed by atoms with van der Waals surface area (Å²) in [7, 11) is 0. The van der Waals surface area contributed by atoms with Crippen LogP contribution in [0.25, 0.3) is 85.1 Å². The van der Waals surface area contributed by atoms with Gasteiger partial charge in [-0.15, -0.1) is 59.1 Å². The summed E-state index contributed by atoms with van der Waals surface area (Å²) in [6, 6.07) is 37.2. The van der Waals surface area contributed by atoms with Gasteiger partial charge in [-0.25, -0.2) is 0 Å². The standard InChI is InChI=1S/C42H32N2OS2.2C6H10O2.2Pt/c1-41(2,3)23-13-19-35-31(21-23)27-15-17-33(43-39(27)46-35)29-11-7-9-25-26-10-8-12-30(38(26)45-37(25)29)34-18-16-28-32-22-24(42(4,5)6)14-20-36(32)47-40(28)44-34;2*1-4(5(2)7)6(3)8;;/h7-10,13-22H,1-6H3;2*7H,1-3H3;;/q-2;;;;/b;2*5-4-;;. The van der Waals surface area contributed by atoms with Crippen LogP contribution in [0.15, 0.2) is 112 Å². The molecule has 0 aliphatic rings. The summed E-state index contributed by atoms with van der Waals surface area (Å²) in [5.41, 5.74) is 8.71. The van der Waals surface area contributed by atoms with Crippen molar-refractivity contribution >= 4 is 96.8 Å². The first-order valence-electron chi connectivity index (χ1n) is 20.8. The molecule has 0 atom stereocenters. The predicted octanol–water partition coefficient (Wildman–Crippen LogP) is 15.5. The van der Waals surface area contributed by atoms with Gasteiger partial charge in [-0.2, -0.15) is 0 Å². The number of pyridine rings is 2. The molecule has 2 N–H and O–H groups in total. The molecular formula is C54H52N2O5Pt2S2-2. The maximum absolute atomic E-state index is 10.4. The van der Waals surface area contributed by atoms with Crippen molar-refractivity contribution in [3.63, 3.8) is 0 Å². The number of allylic oxidation sites excluding steroid dienone is 4. The number of Topliss-reactive ketones (excluding diaryl/α,β-unsaturated/α-hetero) is 2. The van der Waals surface area contributed by atoms with Gasteiger partial charge in [0.25, 0.3) is 0 Å². The van der Waals surface area contributed by atoms with E-state index < -0.39 is 0 Å². The smallest absolute Gasteiger partial charge is 0.158 e. The van der Waals surface area contributed by atoms with Crippen LogP contribution in [0.2, 0.25) is 0 Å². The van der Waals surface area contributed by atoms with Crippen LogP contribution >= 0.6 is 22.7 Å². The molecule has 7 nitrogen and oxygen atoms in total. The van der Waals surface area contributed by atoms with Gasteiger partial charge < -0.3 is 14.6 Å². The zero-order valence-electron chi connectivity index (χ0n) is 38.5. The van der Waals surface area contributed by atoms with E-state index in [2.05, 4.69) is 126 Å². The largest absolute Gasteiger partial charge is 0.545 e. The number of ketones is 2. The Morgan fingerprint density at radius 1 is 0.523 bits per heavy atom. The Bertz CT molecular complexity index is 3110. The molecule has 0 aliphatic heterocycles. The molecule has 4 aromatic carbocycles. The average molecular weight is 1260 g/mol. The normalized spacial score (nSPS) is 12.5. The molecule has 0 bridgehead atoms. The molecule has 0 amide bonds. The molecule has 9 rings (SSSR count). The van der Waals surface area contributed by atoms with Crippen molar-refractivity contribution in [2.24, 2.45) is 0 Å². The monoisotopic (exact) mass is 1260 g/mol. The number of hydrogen-bond acceptors (Lipinski definition) is 9. The van der Waals surface area contributed by atoms with Crippen LogP contribution in [-0.4, -0.2) is 31.7 Å². The number of aliphatic hydroxyl groups is 2. The molecule has 0 aliphatic carbocycles.